The number of primary amides is 1. The van der Waals surface area contributed by atoms with Crippen molar-refractivity contribution < 1.29 is 33.5 Å². The summed E-state index contributed by atoms with van der Waals surface area (Å²) in [6, 6.07) is 3.27. The van der Waals surface area contributed by atoms with E-state index in [-0.39, 0.29) is 29.3 Å². The number of nitrogens with zero attached hydrogens (tertiary/aromatic N) is 1. The number of hydrogen-bond donors (Lipinski definition) is 4. The van der Waals surface area contributed by atoms with E-state index < -0.39 is 70.5 Å². The number of carbonyl (C=O) groups excluding carboxylic acids is 6. The molecule has 5 rings (SSSR count). The minimum atomic E-state index is -1.11. The number of nitrogens with two attached hydrogens (primary N) is 1. The van der Waals surface area contributed by atoms with Crippen LogP contribution in [-0.4, -0.2) is 77.2 Å². The molecule has 5 amide bonds. The predicted molar refractivity (Wildman–Crippen MR) is 177 cm³/mol. The number of ketones is 1. The highest BCUT2D eigenvalue weighted by Crippen LogP contribution is 2.65. The molecular formula is C36H51N5O7. The Morgan fingerprint density at radius 2 is 1.42 bits per heavy atom. The molecule has 5 N–H and O–H groups in total. The lowest BCUT2D eigenvalue weighted by atomic mass is 9.85. The number of Topliss-reactive ketones (excluding diaryl/α,β-unsaturated/α-hetero) is 1. The van der Waals surface area contributed by atoms with Crippen molar-refractivity contribution >= 4 is 35.5 Å². The Hall–Kier alpha value is -3.96. The fourth-order valence-electron chi connectivity index (χ4n) is 7.61. The minimum Gasteiger partial charge on any atom is -0.460 e. The molecule has 2 unspecified atom stereocenters. The van der Waals surface area contributed by atoms with Gasteiger partial charge in [0.2, 0.25) is 17.6 Å². The summed E-state index contributed by atoms with van der Waals surface area (Å²) in [6.07, 6.45) is 2.26. The Morgan fingerprint density at radius 3 is 1.92 bits per heavy atom. The Balaban J connectivity index is 1.29. The van der Waals surface area contributed by atoms with Crippen molar-refractivity contribution in [3.8, 4) is 0 Å². The molecule has 4 aliphatic rings. The largest absolute Gasteiger partial charge is 0.460 e. The molecule has 0 aromatic heterocycles. The third kappa shape index (κ3) is 7.08. The van der Waals surface area contributed by atoms with Gasteiger partial charge in [-0.05, 0) is 58.0 Å². The molecule has 1 aromatic carbocycles. The molecular weight excluding hydrogens is 614 g/mol. The summed E-state index contributed by atoms with van der Waals surface area (Å²) in [4.78, 5) is 81.0. The molecule has 1 saturated heterocycles. The van der Waals surface area contributed by atoms with Crippen LogP contribution in [0.5, 0.6) is 0 Å². The lowest BCUT2D eigenvalue weighted by Gasteiger charge is -2.38. The van der Waals surface area contributed by atoms with Crippen LogP contribution in [0.15, 0.2) is 24.3 Å². The smallest absolute Gasteiger partial charge is 0.329 e. The van der Waals surface area contributed by atoms with E-state index in [0.717, 1.165) is 11.1 Å². The van der Waals surface area contributed by atoms with Crippen molar-refractivity contribution in [3.63, 3.8) is 0 Å². The Kier molecular flexibility index (Phi) is 9.20. The highest BCUT2D eigenvalue weighted by atomic mass is 16.5. The standard InChI is InChI=1S/C36H51N5O7/c1-34(2,3)27(39-33(47)40-28(35(4,5)6)32(46)48-21-15-19-11-9-10-12-20(19)16-21)31(45)41-17-22-23(36(22,7)8)25(41)30(44)38-24(18-13-14-18)26(42)29(37)43/h9-12,18,21-25,27-28H,13-17H2,1-8H3,(H2,37,43)(H,38,44)(H2,39,40,47)/t22-,23-,24?,25-,27-,28?/m0/s1. The Bertz CT molecular complexity index is 1480. The molecule has 6 atom stereocenters. The molecule has 1 heterocycles. The molecule has 0 radical (unpaired) electrons. The van der Waals surface area contributed by atoms with E-state index in [1.165, 1.54) is 4.90 Å². The number of ether oxygens (including phenoxy) is 1. The van der Waals surface area contributed by atoms with Crippen molar-refractivity contribution in [2.24, 2.45) is 39.7 Å². The zero-order chi connectivity index (χ0) is 35.5. The maximum atomic E-state index is 14.3. The van der Waals surface area contributed by atoms with Crippen LogP contribution in [-0.2, 0) is 41.6 Å². The monoisotopic (exact) mass is 665 g/mol. The Morgan fingerprint density at radius 1 is 0.875 bits per heavy atom. The third-order valence-electron chi connectivity index (χ3n) is 10.7. The normalized spacial score (nSPS) is 24.8. The second kappa shape index (κ2) is 12.5. The fourth-order valence-corrected chi connectivity index (χ4v) is 7.61. The van der Waals surface area contributed by atoms with Gasteiger partial charge in [0.1, 0.15) is 30.3 Å². The molecule has 3 aliphatic carbocycles. The number of rotatable bonds is 10. The number of esters is 1. The van der Waals surface area contributed by atoms with Crippen LogP contribution >= 0.6 is 0 Å². The molecule has 48 heavy (non-hydrogen) atoms. The van der Waals surface area contributed by atoms with Gasteiger partial charge < -0.3 is 31.3 Å². The van der Waals surface area contributed by atoms with Crippen LogP contribution in [0.4, 0.5) is 4.79 Å². The number of benzene rings is 1. The van der Waals surface area contributed by atoms with Gasteiger partial charge in [0.25, 0.3) is 5.91 Å². The first-order valence-corrected chi connectivity index (χ1v) is 17.0. The number of urea groups is 1. The number of nitrogens with one attached hydrogen (secondary N) is 3. The van der Waals surface area contributed by atoms with Crippen LogP contribution < -0.4 is 21.7 Å². The second-order valence-corrected chi connectivity index (χ2v) is 16.9. The van der Waals surface area contributed by atoms with Gasteiger partial charge in [0.15, 0.2) is 0 Å². The van der Waals surface area contributed by atoms with Crippen molar-refractivity contribution in [3.05, 3.63) is 35.4 Å². The van der Waals surface area contributed by atoms with E-state index in [0.29, 0.717) is 32.2 Å². The van der Waals surface area contributed by atoms with Crippen molar-refractivity contribution in [1.29, 1.82) is 0 Å². The number of likely N-dealkylation sites (tertiary alicyclic amines) is 1. The average Bonchev–Trinajstić information content (AvgIpc) is 3.77. The van der Waals surface area contributed by atoms with Crippen LogP contribution in [0.3, 0.4) is 0 Å². The molecule has 1 aromatic rings. The molecule has 0 bridgehead atoms. The lowest BCUT2D eigenvalue weighted by Crippen LogP contribution is -2.63. The molecule has 1 aliphatic heterocycles. The number of amides is 5. The topological polar surface area (TPSA) is 177 Å². The summed E-state index contributed by atoms with van der Waals surface area (Å²) in [6.45, 7) is 15.3. The van der Waals surface area contributed by atoms with Crippen molar-refractivity contribution in [1.82, 2.24) is 20.9 Å². The zero-order valence-electron chi connectivity index (χ0n) is 29.3. The van der Waals surface area contributed by atoms with E-state index in [2.05, 4.69) is 16.0 Å². The summed E-state index contributed by atoms with van der Waals surface area (Å²) in [5, 5.41) is 8.35. The van der Waals surface area contributed by atoms with Gasteiger partial charge in [-0.25, -0.2) is 9.59 Å². The minimum absolute atomic E-state index is 0.0552. The zero-order valence-corrected chi connectivity index (χ0v) is 29.3. The van der Waals surface area contributed by atoms with Crippen LogP contribution in [0.2, 0.25) is 0 Å². The van der Waals surface area contributed by atoms with Crippen LogP contribution in [0.1, 0.15) is 79.4 Å². The predicted octanol–water partition coefficient (Wildman–Crippen LogP) is 2.26. The summed E-state index contributed by atoms with van der Waals surface area (Å²) >= 11 is 0. The van der Waals surface area contributed by atoms with E-state index in [1.807, 2.05) is 79.7 Å². The van der Waals surface area contributed by atoms with E-state index in [9.17, 15) is 28.8 Å². The van der Waals surface area contributed by atoms with Gasteiger partial charge >= 0.3 is 12.0 Å². The third-order valence-corrected chi connectivity index (χ3v) is 10.7. The van der Waals surface area contributed by atoms with Gasteiger partial charge in [0.05, 0.1) is 0 Å². The SMILES string of the molecule is CC(C)(C)C(NC(=O)N[C@@H](C(=O)N1C[C@H]2[C@@H]([C@H]1C(=O)NC(C(=O)C(N)=O)C1CC1)C2(C)C)C(C)(C)C)C(=O)OC1Cc2ccccc2C1. The van der Waals surface area contributed by atoms with Gasteiger partial charge in [0, 0.05) is 19.4 Å². The molecule has 2 saturated carbocycles. The molecule has 12 heteroatoms. The molecule has 0 spiro atoms. The van der Waals surface area contributed by atoms with Gasteiger partial charge in [-0.15, -0.1) is 0 Å². The first-order chi connectivity index (χ1) is 22.2. The summed E-state index contributed by atoms with van der Waals surface area (Å²) < 4.78 is 5.89. The summed E-state index contributed by atoms with van der Waals surface area (Å²) in [5.41, 5.74) is 5.87. The van der Waals surface area contributed by atoms with E-state index >= 15 is 0 Å². The Labute approximate surface area is 282 Å². The second-order valence-electron chi connectivity index (χ2n) is 16.9. The molecule has 262 valence electrons. The van der Waals surface area contributed by atoms with E-state index in [1.54, 1.807) is 0 Å². The highest BCUT2D eigenvalue weighted by Gasteiger charge is 2.70. The molecule has 12 nitrogen and oxygen atoms in total. The summed E-state index contributed by atoms with van der Waals surface area (Å²) in [5.74, 6) is -3.71. The quantitative estimate of drug-likeness (QED) is 0.219. The van der Waals surface area contributed by atoms with Gasteiger partial charge in [-0.3, -0.25) is 19.2 Å². The molecule has 3 fully saturated rings. The van der Waals surface area contributed by atoms with Crippen molar-refractivity contribution in [2.75, 3.05) is 6.54 Å². The maximum Gasteiger partial charge on any atom is 0.329 e. The van der Waals surface area contributed by atoms with E-state index in [4.69, 9.17) is 10.5 Å². The van der Waals surface area contributed by atoms with Crippen LogP contribution in [0, 0.1) is 34.0 Å². The van der Waals surface area contributed by atoms with Crippen molar-refractivity contribution in [2.45, 2.75) is 111 Å². The first-order valence-electron chi connectivity index (χ1n) is 17.0. The number of carbonyl (C=O) groups is 6. The number of hydrogen-bond acceptors (Lipinski definition) is 7. The average molecular weight is 666 g/mol. The van der Waals surface area contributed by atoms with Crippen LogP contribution in [0.25, 0.3) is 0 Å². The maximum absolute atomic E-state index is 14.3. The first kappa shape index (κ1) is 35.3. The number of piperidine rings is 1. The van der Waals surface area contributed by atoms with Gasteiger partial charge in [-0.1, -0.05) is 79.7 Å². The lowest BCUT2D eigenvalue weighted by molar-refractivity contribution is -0.153. The highest BCUT2D eigenvalue weighted by molar-refractivity contribution is 6.38. The number of fused-ring (bicyclic) bond motifs is 2. The van der Waals surface area contributed by atoms with Gasteiger partial charge in [-0.2, -0.15) is 0 Å². The fraction of sp³-hybridized carbons (Fsp3) is 0.667. The summed E-state index contributed by atoms with van der Waals surface area (Å²) in [7, 11) is 0.